The maximum Gasteiger partial charge on any atom is 0.220 e. The van der Waals surface area contributed by atoms with Gasteiger partial charge in [0.05, 0.1) is 11.0 Å². The number of hydrogen-bond donors (Lipinski definition) is 0. The number of hydrogen-bond acceptors (Lipinski definition) is 2. The number of nitrogens with zero attached hydrogens (tertiary/aromatic N) is 5. The molecule has 9 rings (SSSR count). The highest BCUT2D eigenvalue weighted by Gasteiger charge is 2.23. The molecule has 50 heavy (non-hydrogen) atoms. The van der Waals surface area contributed by atoms with Gasteiger partial charge >= 0.3 is 0 Å². The first-order chi connectivity index (χ1) is 24.2. The van der Waals surface area contributed by atoms with E-state index >= 15 is 0 Å². The fraction of sp³-hybridized carbons (Fsp3) is 0.156. The highest BCUT2D eigenvalue weighted by atomic mass is 15.3. The molecular formula is C45H39N5. The van der Waals surface area contributed by atoms with E-state index in [9.17, 15) is 0 Å². The van der Waals surface area contributed by atoms with Crippen LogP contribution in [0.3, 0.4) is 0 Å². The lowest BCUT2D eigenvalue weighted by Crippen LogP contribution is -2.11. The van der Waals surface area contributed by atoms with Gasteiger partial charge < -0.3 is 0 Å². The Labute approximate surface area is 292 Å². The second-order valence-electron chi connectivity index (χ2n) is 14.7. The van der Waals surface area contributed by atoms with Gasteiger partial charge in [-0.1, -0.05) is 92.6 Å². The minimum atomic E-state index is 0.0761. The summed E-state index contributed by atoms with van der Waals surface area (Å²) in [6, 6.07) is 42.0. The second kappa shape index (κ2) is 11.0. The van der Waals surface area contributed by atoms with Crippen LogP contribution in [0.15, 0.2) is 128 Å². The van der Waals surface area contributed by atoms with Gasteiger partial charge in [-0.2, -0.15) is 0 Å². The van der Waals surface area contributed by atoms with E-state index in [4.69, 9.17) is 9.97 Å². The number of imidazole rings is 1. The first-order valence-corrected chi connectivity index (χ1v) is 17.3. The summed E-state index contributed by atoms with van der Waals surface area (Å²) in [7, 11) is 0. The van der Waals surface area contributed by atoms with Crippen LogP contribution in [0.4, 0.5) is 0 Å². The molecule has 0 aliphatic heterocycles. The summed E-state index contributed by atoms with van der Waals surface area (Å²) in [5.74, 6) is 0.810. The van der Waals surface area contributed by atoms with E-state index in [0.29, 0.717) is 0 Å². The summed E-state index contributed by atoms with van der Waals surface area (Å²) >= 11 is 0. The number of rotatable bonds is 4. The van der Waals surface area contributed by atoms with Gasteiger partial charge in [-0.25, -0.2) is 9.97 Å². The summed E-state index contributed by atoms with van der Waals surface area (Å²) in [5, 5.41) is 4.62. The molecule has 0 N–H and O–H groups in total. The van der Waals surface area contributed by atoms with Gasteiger partial charge in [-0.05, 0) is 103 Å². The summed E-state index contributed by atoms with van der Waals surface area (Å²) in [6.07, 6.45) is 3.93. The number of aromatic nitrogens is 5. The van der Waals surface area contributed by atoms with Gasteiger partial charge in [0.15, 0.2) is 0 Å². The van der Waals surface area contributed by atoms with Crippen LogP contribution in [0.5, 0.6) is 0 Å². The molecule has 5 heteroatoms. The third-order valence-corrected chi connectivity index (χ3v) is 10.2. The van der Waals surface area contributed by atoms with Crippen molar-refractivity contribution < 1.29 is 0 Å². The summed E-state index contributed by atoms with van der Waals surface area (Å²) in [5.41, 5.74) is 13.7. The standard InChI is InChI=1S/C45H39N5/c1-28-14-20-40-36(24-28)38-27-39-37-25-29(2)15-21-41(37)50(44-46-22-23-48(44)33-18-16-32(17-19-33)45(4,5)6)43(39)47-42(38)49(40)34-12-9-11-31(26-34)35-13-8-7-10-30(35)3/h7-27H,1-6H3. The second-order valence-corrected chi connectivity index (χ2v) is 14.7. The maximum atomic E-state index is 5.62. The molecule has 0 saturated heterocycles. The van der Waals surface area contributed by atoms with Crippen LogP contribution in [0.2, 0.25) is 0 Å². The number of aryl methyl sites for hydroxylation is 3. The van der Waals surface area contributed by atoms with Crippen LogP contribution >= 0.6 is 0 Å². The zero-order chi connectivity index (χ0) is 34.3. The molecule has 5 aromatic carbocycles. The summed E-state index contributed by atoms with van der Waals surface area (Å²) in [6.45, 7) is 13.2. The zero-order valence-corrected chi connectivity index (χ0v) is 29.4. The average Bonchev–Trinajstić information content (AvgIpc) is 3.79. The highest BCUT2D eigenvalue weighted by Crippen LogP contribution is 2.39. The predicted molar refractivity (Wildman–Crippen MR) is 208 cm³/mol. The van der Waals surface area contributed by atoms with Gasteiger partial charge in [0, 0.05) is 45.3 Å². The molecule has 0 spiro atoms. The number of pyridine rings is 1. The van der Waals surface area contributed by atoms with Crippen molar-refractivity contribution in [1.29, 1.82) is 0 Å². The van der Waals surface area contributed by atoms with Crippen molar-refractivity contribution in [3.05, 3.63) is 150 Å². The third-order valence-electron chi connectivity index (χ3n) is 10.2. The molecular weight excluding hydrogens is 611 g/mol. The minimum absolute atomic E-state index is 0.0761. The van der Waals surface area contributed by atoms with E-state index in [2.05, 4.69) is 171 Å². The van der Waals surface area contributed by atoms with Crippen LogP contribution in [0, 0.1) is 20.8 Å². The number of benzene rings is 5. The van der Waals surface area contributed by atoms with Gasteiger partial charge in [0.1, 0.15) is 11.3 Å². The minimum Gasteiger partial charge on any atom is -0.294 e. The largest absolute Gasteiger partial charge is 0.294 e. The van der Waals surface area contributed by atoms with Crippen molar-refractivity contribution in [3.8, 4) is 28.5 Å². The molecule has 0 atom stereocenters. The molecule has 0 aliphatic carbocycles. The molecule has 0 unspecified atom stereocenters. The van der Waals surface area contributed by atoms with Crippen LogP contribution in [-0.4, -0.2) is 23.7 Å². The Morgan fingerprint density at radius 1 is 0.560 bits per heavy atom. The molecule has 244 valence electrons. The van der Waals surface area contributed by atoms with Crippen molar-refractivity contribution in [1.82, 2.24) is 23.7 Å². The Morgan fingerprint density at radius 2 is 1.22 bits per heavy atom. The van der Waals surface area contributed by atoms with E-state index in [-0.39, 0.29) is 5.41 Å². The molecule has 0 fully saturated rings. The lowest BCUT2D eigenvalue weighted by Gasteiger charge is -2.19. The topological polar surface area (TPSA) is 40.6 Å². The molecule has 9 aromatic rings. The Balaban J connectivity index is 1.35. The number of fused-ring (bicyclic) bond motifs is 6. The molecule has 0 radical (unpaired) electrons. The van der Waals surface area contributed by atoms with E-state index in [1.165, 1.54) is 44.2 Å². The van der Waals surface area contributed by atoms with E-state index in [0.717, 1.165) is 50.4 Å². The Bertz CT molecular complexity index is 2760. The van der Waals surface area contributed by atoms with Gasteiger partial charge in [-0.3, -0.25) is 13.7 Å². The maximum absolute atomic E-state index is 5.62. The molecule has 4 aromatic heterocycles. The highest BCUT2D eigenvalue weighted by molar-refractivity contribution is 6.16. The van der Waals surface area contributed by atoms with Crippen molar-refractivity contribution in [3.63, 3.8) is 0 Å². The smallest absolute Gasteiger partial charge is 0.220 e. The van der Waals surface area contributed by atoms with E-state index in [1.54, 1.807) is 0 Å². The predicted octanol–water partition coefficient (Wildman–Crippen LogP) is 11.4. The quantitative estimate of drug-likeness (QED) is 0.190. The first-order valence-electron chi connectivity index (χ1n) is 17.3. The van der Waals surface area contributed by atoms with Crippen LogP contribution in [0.25, 0.3) is 72.3 Å². The monoisotopic (exact) mass is 649 g/mol. The van der Waals surface area contributed by atoms with Gasteiger partial charge in [0.25, 0.3) is 0 Å². The molecule has 0 bridgehead atoms. The lowest BCUT2D eigenvalue weighted by atomic mass is 9.87. The lowest BCUT2D eigenvalue weighted by molar-refractivity contribution is 0.590. The van der Waals surface area contributed by atoms with Crippen LogP contribution < -0.4 is 0 Å². The molecule has 4 heterocycles. The molecule has 5 nitrogen and oxygen atoms in total. The van der Waals surface area contributed by atoms with Crippen molar-refractivity contribution in [2.75, 3.05) is 0 Å². The molecule has 0 saturated carbocycles. The van der Waals surface area contributed by atoms with Gasteiger partial charge in [0.2, 0.25) is 5.95 Å². The van der Waals surface area contributed by atoms with Gasteiger partial charge in [-0.15, -0.1) is 0 Å². The Morgan fingerprint density at radius 3 is 1.90 bits per heavy atom. The first kappa shape index (κ1) is 30.1. The fourth-order valence-corrected chi connectivity index (χ4v) is 7.54. The van der Waals surface area contributed by atoms with Crippen molar-refractivity contribution >= 4 is 43.9 Å². The SMILES string of the molecule is Cc1ccc2c(c1)c1cc3c4cc(C)ccc4n(-c4nccn4-c4ccc(C(C)(C)C)cc4)c3nc1n2-c1cccc(-c2ccccc2C)c1. The molecule has 0 amide bonds. The van der Waals surface area contributed by atoms with Crippen molar-refractivity contribution in [2.45, 2.75) is 47.0 Å². The average molecular weight is 650 g/mol. The summed E-state index contributed by atoms with van der Waals surface area (Å²) < 4.78 is 6.73. The van der Waals surface area contributed by atoms with Crippen molar-refractivity contribution in [2.24, 2.45) is 0 Å². The zero-order valence-electron chi connectivity index (χ0n) is 29.4. The molecule has 0 aliphatic rings. The van der Waals surface area contributed by atoms with Crippen LogP contribution in [-0.2, 0) is 5.41 Å². The van der Waals surface area contributed by atoms with E-state index in [1.807, 2.05) is 12.4 Å². The Kier molecular flexibility index (Phi) is 6.66. The summed E-state index contributed by atoms with van der Waals surface area (Å²) in [4.78, 5) is 10.6. The fourth-order valence-electron chi connectivity index (χ4n) is 7.54. The van der Waals surface area contributed by atoms with Crippen LogP contribution in [0.1, 0.15) is 43.0 Å². The Hall–Kier alpha value is -5.94. The van der Waals surface area contributed by atoms with E-state index < -0.39 is 0 Å². The normalized spacial score (nSPS) is 12.2. The third kappa shape index (κ3) is 4.68.